The highest BCUT2D eigenvalue weighted by molar-refractivity contribution is 7.71. The molecule has 3 heterocycles. The van der Waals surface area contributed by atoms with Crippen molar-refractivity contribution in [3.05, 3.63) is 50.3 Å². The molecular weight excluding hydrogens is 350 g/mol. The van der Waals surface area contributed by atoms with Gasteiger partial charge in [-0.25, -0.2) is 4.98 Å². The van der Waals surface area contributed by atoms with Gasteiger partial charge in [-0.2, -0.15) is 0 Å². The maximum absolute atomic E-state index is 12.3. The fraction of sp³-hybridized carbons (Fsp3) is 0.444. The van der Waals surface area contributed by atoms with Crippen LogP contribution in [0.3, 0.4) is 0 Å². The molecule has 3 N–H and O–H groups in total. The van der Waals surface area contributed by atoms with Crippen LogP contribution >= 0.6 is 12.2 Å². The molecule has 3 rings (SSSR count). The number of nitrogens with one attached hydrogen (secondary N) is 3. The zero-order valence-electron chi connectivity index (χ0n) is 15.2. The average Bonchev–Trinajstić information content (AvgIpc) is 2.56. The second-order valence-electron chi connectivity index (χ2n) is 7.54. The van der Waals surface area contributed by atoms with E-state index in [-0.39, 0.29) is 11.5 Å². The predicted molar refractivity (Wildman–Crippen MR) is 102 cm³/mol. The van der Waals surface area contributed by atoms with Crippen LogP contribution in [-0.4, -0.2) is 32.3 Å². The Kier molecular flexibility index (Phi) is 5.06. The lowest BCUT2D eigenvalue weighted by Gasteiger charge is -2.28. The number of rotatable bonds is 3. The van der Waals surface area contributed by atoms with Gasteiger partial charge in [0, 0.05) is 48.9 Å². The van der Waals surface area contributed by atoms with Gasteiger partial charge in [-0.1, -0.05) is 26.8 Å². The third-order valence-electron chi connectivity index (χ3n) is 4.39. The summed E-state index contributed by atoms with van der Waals surface area (Å²) in [6.07, 6.45) is 2.39. The van der Waals surface area contributed by atoms with Crippen LogP contribution in [0.15, 0.2) is 23.1 Å². The van der Waals surface area contributed by atoms with E-state index in [2.05, 4.69) is 25.2 Å². The number of carbonyl (C=O) groups excluding carboxylic acids is 1. The van der Waals surface area contributed by atoms with Gasteiger partial charge in [0.2, 0.25) is 5.91 Å². The molecule has 0 spiro atoms. The van der Waals surface area contributed by atoms with Crippen LogP contribution in [0.5, 0.6) is 0 Å². The fourth-order valence-electron chi connectivity index (χ4n) is 2.86. The van der Waals surface area contributed by atoms with Gasteiger partial charge in [0.1, 0.15) is 5.82 Å². The normalized spacial score (nSPS) is 14.7. The van der Waals surface area contributed by atoms with Crippen LogP contribution in [-0.2, 0) is 24.3 Å². The number of aromatic nitrogens is 3. The number of H-pyrrole nitrogens is 2. The number of hydrogen-bond donors (Lipinski definition) is 3. The highest BCUT2D eigenvalue weighted by Gasteiger charge is 2.24. The van der Waals surface area contributed by atoms with Crippen LogP contribution in [0.2, 0.25) is 0 Å². The van der Waals surface area contributed by atoms with Crippen molar-refractivity contribution < 1.29 is 4.79 Å². The minimum absolute atomic E-state index is 0.0783. The van der Waals surface area contributed by atoms with E-state index in [1.54, 1.807) is 6.20 Å². The first-order valence-electron chi connectivity index (χ1n) is 8.56. The zero-order valence-corrected chi connectivity index (χ0v) is 16.0. The second kappa shape index (κ2) is 7.13. The molecule has 2 aromatic rings. The van der Waals surface area contributed by atoms with Crippen molar-refractivity contribution in [1.29, 1.82) is 0 Å². The van der Waals surface area contributed by atoms with Crippen molar-refractivity contribution in [2.75, 3.05) is 11.9 Å². The largest absolute Gasteiger partial charge is 0.335 e. The smallest absolute Gasteiger partial charge is 0.256 e. The summed E-state index contributed by atoms with van der Waals surface area (Å²) in [4.78, 5) is 36.7. The van der Waals surface area contributed by atoms with E-state index in [1.807, 2.05) is 32.9 Å². The molecule has 0 bridgehead atoms. The Hall–Kier alpha value is -2.32. The Morgan fingerprint density at radius 2 is 2.15 bits per heavy atom. The Morgan fingerprint density at radius 1 is 1.38 bits per heavy atom. The molecule has 1 amide bonds. The zero-order chi connectivity index (χ0) is 18.9. The van der Waals surface area contributed by atoms with Gasteiger partial charge in [0.25, 0.3) is 5.56 Å². The van der Waals surface area contributed by atoms with E-state index in [4.69, 9.17) is 12.2 Å². The lowest BCUT2D eigenvalue weighted by Crippen LogP contribution is -2.35. The Balaban J connectivity index is 1.79. The van der Waals surface area contributed by atoms with E-state index in [9.17, 15) is 9.59 Å². The summed E-state index contributed by atoms with van der Waals surface area (Å²) in [6.45, 7) is 7.51. The summed E-state index contributed by atoms with van der Waals surface area (Å²) in [5.41, 5.74) is 1.91. The molecule has 0 saturated carbocycles. The number of nitrogens with zero attached hydrogens (tertiary/aromatic N) is 2. The molecule has 2 aromatic heterocycles. The van der Waals surface area contributed by atoms with Crippen LogP contribution in [0.25, 0.3) is 0 Å². The van der Waals surface area contributed by atoms with E-state index in [1.165, 1.54) is 0 Å². The maximum Gasteiger partial charge on any atom is 0.256 e. The molecule has 0 fully saturated rings. The van der Waals surface area contributed by atoms with Gasteiger partial charge in [0.15, 0.2) is 4.77 Å². The lowest BCUT2D eigenvalue weighted by molar-refractivity contribution is -0.123. The Labute approximate surface area is 156 Å². The van der Waals surface area contributed by atoms with Crippen molar-refractivity contribution in [3.63, 3.8) is 0 Å². The minimum Gasteiger partial charge on any atom is -0.335 e. The molecule has 26 heavy (non-hydrogen) atoms. The van der Waals surface area contributed by atoms with Gasteiger partial charge in [0.05, 0.1) is 5.56 Å². The van der Waals surface area contributed by atoms with Crippen LogP contribution < -0.4 is 10.9 Å². The first kappa shape index (κ1) is 18.5. The second-order valence-corrected chi connectivity index (χ2v) is 7.95. The molecule has 0 atom stereocenters. The SMILES string of the molecule is CC(C)(C)C(=O)Nc1ncccc1CN1CCc2[nH]c(=S)[nH]c(=O)c2C1. The maximum atomic E-state index is 12.3. The predicted octanol–water partition coefficient (Wildman–Crippen LogP) is 2.37. The number of anilines is 1. The van der Waals surface area contributed by atoms with Crippen molar-refractivity contribution in [1.82, 2.24) is 19.9 Å². The van der Waals surface area contributed by atoms with E-state index in [0.717, 1.165) is 24.2 Å². The molecule has 0 aromatic carbocycles. The fourth-order valence-corrected chi connectivity index (χ4v) is 3.08. The number of hydrogen-bond acceptors (Lipinski definition) is 5. The van der Waals surface area contributed by atoms with Crippen LogP contribution in [0.1, 0.15) is 37.6 Å². The van der Waals surface area contributed by atoms with Crippen molar-refractivity contribution in [2.45, 2.75) is 40.3 Å². The standard InChI is InChI=1S/C18H23N5O2S/c1-18(2,3)16(25)21-14-11(5-4-7-19-14)9-23-8-6-13-12(10-23)15(24)22-17(26)20-13/h4-5,7H,6,8-10H2,1-3H3,(H,19,21,25)(H2,20,22,24,26). The molecule has 1 aliphatic rings. The number of amides is 1. The van der Waals surface area contributed by atoms with Gasteiger partial charge in [-0.15, -0.1) is 0 Å². The number of aromatic amines is 2. The highest BCUT2D eigenvalue weighted by Crippen LogP contribution is 2.22. The number of fused-ring (bicyclic) bond motifs is 1. The molecular formula is C18H23N5O2S. The van der Waals surface area contributed by atoms with Gasteiger partial charge < -0.3 is 10.3 Å². The number of carbonyl (C=O) groups is 1. The topological polar surface area (TPSA) is 93.9 Å². The van der Waals surface area contributed by atoms with E-state index >= 15 is 0 Å². The number of pyridine rings is 1. The summed E-state index contributed by atoms with van der Waals surface area (Å²) >= 11 is 5.03. The lowest BCUT2D eigenvalue weighted by atomic mass is 9.95. The summed E-state index contributed by atoms with van der Waals surface area (Å²) in [5, 5.41) is 2.91. The van der Waals surface area contributed by atoms with Crippen molar-refractivity contribution in [2.24, 2.45) is 5.41 Å². The monoisotopic (exact) mass is 373 g/mol. The summed E-state index contributed by atoms with van der Waals surface area (Å²) in [7, 11) is 0. The summed E-state index contributed by atoms with van der Waals surface area (Å²) < 4.78 is 0.363. The molecule has 0 radical (unpaired) electrons. The van der Waals surface area contributed by atoms with Crippen molar-refractivity contribution in [3.8, 4) is 0 Å². The average molecular weight is 373 g/mol. The van der Waals surface area contributed by atoms with Gasteiger partial charge >= 0.3 is 0 Å². The molecule has 7 nitrogen and oxygen atoms in total. The Bertz CT molecular complexity index is 942. The van der Waals surface area contributed by atoms with Gasteiger partial charge in [-0.05, 0) is 18.3 Å². The molecule has 1 aliphatic heterocycles. The molecule has 0 aliphatic carbocycles. The third kappa shape index (κ3) is 4.08. The summed E-state index contributed by atoms with van der Waals surface area (Å²) in [6, 6.07) is 3.80. The molecule has 8 heteroatoms. The van der Waals surface area contributed by atoms with E-state index < -0.39 is 5.41 Å². The molecule has 0 saturated heterocycles. The quantitative estimate of drug-likeness (QED) is 0.718. The first-order valence-corrected chi connectivity index (χ1v) is 8.97. The van der Waals surface area contributed by atoms with Gasteiger partial charge in [-0.3, -0.25) is 19.5 Å². The van der Waals surface area contributed by atoms with Crippen molar-refractivity contribution >= 4 is 23.9 Å². The molecule has 138 valence electrons. The summed E-state index contributed by atoms with van der Waals surface area (Å²) in [5.74, 6) is 0.491. The molecule has 0 unspecified atom stereocenters. The first-order chi connectivity index (χ1) is 12.2. The van der Waals surface area contributed by atoms with Crippen LogP contribution in [0, 0.1) is 10.2 Å². The van der Waals surface area contributed by atoms with E-state index in [0.29, 0.717) is 29.2 Å². The highest BCUT2D eigenvalue weighted by atomic mass is 32.1. The third-order valence-corrected chi connectivity index (χ3v) is 4.59. The Morgan fingerprint density at radius 3 is 2.88 bits per heavy atom. The minimum atomic E-state index is -0.496. The van der Waals surface area contributed by atoms with Crippen LogP contribution in [0.4, 0.5) is 5.82 Å².